The fourth-order valence-electron chi connectivity index (χ4n) is 1.89. The Morgan fingerprint density at radius 1 is 1.30 bits per heavy atom. The molecule has 5 nitrogen and oxygen atoms in total. The van der Waals surface area contributed by atoms with Gasteiger partial charge in [0.1, 0.15) is 0 Å². The van der Waals surface area contributed by atoms with Crippen LogP contribution in [0.2, 0.25) is 5.02 Å². The molecule has 3 rings (SSSR count). The quantitative estimate of drug-likeness (QED) is 0.856. The molecule has 6 heteroatoms. The van der Waals surface area contributed by atoms with Gasteiger partial charge in [-0.25, -0.2) is 0 Å². The van der Waals surface area contributed by atoms with E-state index in [0.29, 0.717) is 12.0 Å². The molecule has 0 bridgehead atoms. The third-order valence-electron chi connectivity index (χ3n) is 3.08. The molecular weight excluding hydrogens is 274 g/mol. The summed E-state index contributed by atoms with van der Waals surface area (Å²) in [6.45, 7) is 0.780. The lowest BCUT2D eigenvalue weighted by molar-refractivity contribution is 0.928. The first-order valence-corrected chi connectivity index (χ1v) is 7.12. The van der Waals surface area contributed by atoms with Crippen molar-refractivity contribution in [3.8, 4) is 0 Å². The summed E-state index contributed by atoms with van der Waals surface area (Å²) in [5.41, 5.74) is 1.20. The van der Waals surface area contributed by atoms with Gasteiger partial charge in [-0.2, -0.15) is 10.1 Å². The lowest BCUT2D eigenvalue weighted by Gasteiger charge is -2.07. The summed E-state index contributed by atoms with van der Waals surface area (Å²) < 4.78 is 0. The SMILES string of the molecule is Clc1cccc(CCNc2cnnc(NC3CC3)n2)c1. The molecule has 0 spiro atoms. The highest BCUT2D eigenvalue weighted by Crippen LogP contribution is 2.22. The van der Waals surface area contributed by atoms with E-state index in [-0.39, 0.29) is 0 Å². The Labute approximate surface area is 122 Å². The van der Waals surface area contributed by atoms with Crippen molar-refractivity contribution in [1.82, 2.24) is 15.2 Å². The Hall–Kier alpha value is -1.88. The van der Waals surface area contributed by atoms with E-state index in [2.05, 4.69) is 31.9 Å². The summed E-state index contributed by atoms with van der Waals surface area (Å²) in [4.78, 5) is 4.38. The van der Waals surface area contributed by atoms with Gasteiger partial charge in [0.25, 0.3) is 0 Å². The molecule has 0 atom stereocenters. The van der Waals surface area contributed by atoms with Crippen LogP contribution in [0.15, 0.2) is 30.5 Å². The average molecular weight is 290 g/mol. The van der Waals surface area contributed by atoms with Crippen molar-refractivity contribution in [3.63, 3.8) is 0 Å². The van der Waals surface area contributed by atoms with Crippen molar-refractivity contribution in [3.05, 3.63) is 41.0 Å². The van der Waals surface area contributed by atoms with Gasteiger partial charge in [0.05, 0.1) is 6.20 Å². The van der Waals surface area contributed by atoms with Gasteiger partial charge >= 0.3 is 0 Å². The van der Waals surface area contributed by atoms with Gasteiger partial charge in [-0.05, 0) is 37.0 Å². The van der Waals surface area contributed by atoms with E-state index in [0.717, 1.165) is 23.8 Å². The standard InChI is InChI=1S/C14H16ClN5/c15-11-3-1-2-10(8-11)6-7-16-13-9-17-20-14(19-13)18-12-4-5-12/h1-3,8-9,12H,4-7H2,(H2,16,18,19,20). The van der Waals surface area contributed by atoms with Crippen LogP contribution in [0, 0.1) is 0 Å². The van der Waals surface area contributed by atoms with Crippen LogP contribution in [0.1, 0.15) is 18.4 Å². The van der Waals surface area contributed by atoms with E-state index in [1.165, 1.54) is 18.4 Å². The monoisotopic (exact) mass is 289 g/mol. The van der Waals surface area contributed by atoms with E-state index in [1.807, 2.05) is 18.2 Å². The summed E-state index contributed by atoms with van der Waals surface area (Å²) in [6.07, 6.45) is 4.90. The number of benzene rings is 1. The highest BCUT2D eigenvalue weighted by molar-refractivity contribution is 6.30. The molecule has 1 fully saturated rings. The van der Waals surface area contributed by atoms with Gasteiger partial charge < -0.3 is 10.6 Å². The third kappa shape index (κ3) is 3.81. The highest BCUT2D eigenvalue weighted by atomic mass is 35.5. The number of nitrogens with one attached hydrogen (secondary N) is 2. The molecule has 1 saturated carbocycles. The van der Waals surface area contributed by atoms with Crippen LogP contribution in [0.25, 0.3) is 0 Å². The summed E-state index contributed by atoms with van der Waals surface area (Å²) in [5, 5.41) is 15.2. The lowest BCUT2D eigenvalue weighted by atomic mass is 10.1. The first-order valence-electron chi connectivity index (χ1n) is 6.74. The molecule has 1 aliphatic rings. The number of halogens is 1. The summed E-state index contributed by atoms with van der Waals surface area (Å²) >= 11 is 5.96. The lowest BCUT2D eigenvalue weighted by Crippen LogP contribution is -2.11. The van der Waals surface area contributed by atoms with Crippen molar-refractivity contribution >= 4 is 23.4 Å². The van der Waals surface area contributed by atoms with Gasteiger partial charge in [-0.1, -0.05) is 23.7 Å². The molecule has 0 unspecified atom stereocenters. The molecule has 20 heavy (non-hydrogen) atoms. The summed E-state index contributed by atoms with van der Waals surface area (Å²) in [6, 6.07) is 8.40. The fourth-order valence-corrected chi connectivity index (χ4v) is 2.10. The number of rotatable bonds is 6. The van der Waals surface area contributed by atoms with E-state index >= 15 is 0 Å². The van der Waals surface area contributed by atoms with Gasteiger partial charge in [-0.15, -0.1) is 5.10 Å². The molecule has 1 heterocycles. The van der Waals surface area contributed by atoms with E-state index in [1.54, 1.807) is 6.20 Å². The molecule has 0 amide bonds. The molecule has 0 aliphatic heterocycles. The Morgan fingerprint density at radius 2 is 2.20 bits per heavy atom. The zero-order valence-electron chi connectivity index (χ0n) is 11.0. The van der Waals surface area contributed by atoms with Crippen molar-refractivity contribution in [2.45, 2.75) is 25.3 Å². The maximum Gasteiger partial charge on any atom is 0.244 e. The minimum Gasteiger partial charge on any atom is -0.368 e. The van der Waals surface area contributed by atoms with E-state index in [4.69, 9.17) is 11.6 Å². The predicted octanol–water partition coefficient (Wildman–Crippen LogP) is 2.75. The Balaban J connectivity index is 1.52. The van der Waals surface area contributed by atoms with Crippen LogP contribution in [-0.2, 0) is 6.42 Å². The molecule has 1 aromatic heterocycles. The molecule has 1 aliphatic carbocycles. The zero-order valence-corrected chi connectivity index (χ0v) is 11.8. The van der Waals surface area contributed by atoms with Crippen LogP contribution < -0.4 is 10.6 Å². The van der Waals surface area contributed by atoms with Crippen molar-refractivity contribution < 1.29 is 0 Å². The van der Waals surface area contributed by atoms with Crippen LogP contribution >= 0.6 is 11.6 Å². The minimum absolute atomic E-state index is 0.526. The number of nitrogens with zero attached hydrogens (tertiary/aromatic N) is 3. The van der Waals surface area contributed by atoms with Gasteiger partial charge in [-0.3, -0.25) is 0 Å². The Morgan fingerprint density at radius 3 is 3.00 bits per heavy atom. The summed E-state index contributed by atoms with van der Waals surface area (Å²) in [5.74, 6) is 1.34. The van der Waals surface area contributed by atoms with E-state index < -0.39 is 0 Å². The maximum absolute atomic E-state index is 5.96. The second-order valence-electron chi connectivity index (χ2n) is 4.89. The summed E-state index contributed by atoms with van der Waals surface area (Å²) in [7, 11) is 0. The Bertz CT molecular complexity index is 585. The first kappa shape index (κ1) is 13.1. The third-order valence-corrected chi connectivity index (χ3v) is 3.31. The number of anilines is 2. The zero-order chi connectivity index (χ0) is 13.8. The molecule has 1 aromatic carbocycles. The molecule has 0 radical (unpaired) electrons. The average Bonchev–Trinajstić information content (AvgIpc) is 3.23. The van der Waals surface area contributed by atoms with Crippen LogP contribution in [-0.4, -0.2) is 27.8 Å². The van der Waals surface area contributed by atoms with Crippen molar-refractivity contribution in [1.29, 1.82) is 0 Å². The predicted molar refractivity (Wildman–Crippen MR) is 80.1 cm³/mol. The van der Waals surface area contributed by atoms with Gasteiger partial charge in [0.15, 0.2) is 5.82 Å². The number of aromatic nitrogens is 3. The Kier molecular flexibility index (Phi) is 3.97. The number of hydrogen-bond donors (Lipinski definition) is 2. The van der Waals surface area contributed by atoms with Crippen LogP contribution in [0.4, 0.5) is 11.8 Å². The molecule has 2 N–H and O–H groups in total. The fraction of sp³-hybridized carbons (Fsp3) is 0.357. The van der Waals surface area contributed by atoms with Gasteiger partial charge in [0.2, 0.25) is 5.95 Å². The van der Waals surface area contributed by atoms with Gasteiger partial charge in [0, 0.05) is 17.6 Å². The highest BCUT2D eigenvalue weighted by Gasteiger charge is 2.22. The molecule has 104 valence electrons. The molecular formula is C14H16ClN5. The smallest absolute Gasteiger partial charge is 0.244 e. The van der Waals surface area contributed by atoms with Crippen molar-refractivity contribution in [2.24, 2.45) is 0 Å². The topological polar surface area (TPSA) is 62.7 Å². The van der Waals surface area contributed by atoms with Crippen LogP contribution in [0.3, 0.4) is 0 Å². The second-order valence-corrected chi connectivity index (χ2v) is 5.33. The van der Waals surface area contributed by atoms with E-state index in [9.17, 15) is 0 Å². The van der Waals surface area contributed by atoms with Crippen LogP contribution in [0.5, 0.6) is 0 Å². The maximum atomic E-state index is 5.96. The largest absolute Gasteiger partial charge is 0.368 e. The minimum atomic E-state index is 0.526. The molecule has 0 saturated heterocycles. The first-order chi connectivity index (χ1) is 9.79. The number of hydrogen-bond acceptors (Lipinski definition) is 5. The second kappa shape index (κ2) is 6.05. The molecule has 2 aromatic rings. The normalized spacial score (nSPS) is 14.1. The van der Waals surface area contributed by atoms with Crippen molar-refractivity contribution in [2.75, 3.05) is 17.2 Å².